The predicted molar refractivity (Wildman–Crippen MR) is 66.6 cm³/mol. The van der Waals surface area contributed by atoms with Crippen molar-refractivity contribution in [2.75, 3.05) is 37.0 Å². The normalized spacial score (nSPS) is 15.1. The molecule has 0 unspecified atom stereocenters. The van der Waals surface area contributed by atoms with E-state index in [0.29, 0.717) is 17.9 Å². The molecular formula is C11H19N5O. The standard InChI is InChI=1S/C11H19N5O/c1-3-6-12-9-13-10(15-11(14-9)17-2)16-7-4-5-8-16/h3-8H2,1-2H3,(H,12,13,14,15). The van der Waals surface area contributed by atoms with Crippen LogP contribution in [-0.2, 0) is 0 Å². The molecule has 6 nitrogen and oxygen atoms in total. The average Bonchev–Trinajstić information content (AvgIpc) is 2.89. The molecule has 2 heterocycles. The Balaban J connectivity index is 2.18. The van der Waals surface area contributed by atoms with Gasteiger partial charge in [-0.25, -0.2) is 0 Å². The lowest BCUT2D eigenvalue weighted by Gasteiger charge is -2.16. The molecule has 1 saturated heterocycles. The van der Waals surface area contributed by atoms with E-state index in [4.69, 9.17) is 4.74 Å². The minimum atomic E-state index is 0.375. The van der Waals surface area contributed by atoms with E-state index < -0.39 is 0 Å². The smallest absolute Gasteiger partial charge is 0.322 e. The molecular weight excluding hydrogens is 218 g/mol. The van der Waals surface area contributed by atoms with E-state index in [1.54, 1.807) is 7.11 Å². The van der Waals surface area contributed by atoms with E-state index in [-0.39, 0.29) is 0 Å². The first kappa shape index (κ1) is 11.9. The molecule has 1 aromatic rings. The van der Waals surface area contributed by atoms with E-state index in [1.165, 1.54) is 12.8 Å². The lowest BCUT2D eigenvalue weighted by Crippen LogP contribution is -2.22. The van der Waals surface area contributed by atoms with Crippen molar-refractivity contribution in [1.29, 1.82) is 0 Å². The number of nitrogens with one attached hydrogen (secondary N) is 1. The van der Waals surface area contributed by atoms with Crippen LogP contribution in [0.3, 0.4) is 0 Å². The molecule has 0 amide bonds. The number of nitrogens with zero attached hydrogens (tertiary/aromatic N) is 4. The van der Waals surface area contributed by atoms with E-state index >= 15 is 0 Å². The Labute approximate surface area is 101 Å². The third-order valence-corrected chi connectivity index (χ3v) is 2.71. The molecule has 1 N–H and O–H groups in total. The maximum atomic E-state index is 5.11. The van der Waals surface area contributed by atoms with Crippen LogP contribution in [0, 0.1) is 0 Å². The van der Waals surface area contributed by atoms with Crippen molar-refractivity contribution >= 4 is 11.9 Å². The van der Waals surface area contributed by atoms with Gasteiger partial charge in [-0.15, -0.1) is 0 Å². The summed E-state index contributed by atoms with van der Waals surface area (Å²) in [5, 5.41) is 3.16. The van der Waals surface area contributed by atoms with Crippen LogP contribution in [0.1, 0.15) is 26.2 Å². The molecule has 94 valence electrons. The van der Waals surface area contributed by atoms with Crippen molar-refractivity contribution in [1.82, 2.24) is 15.0 Å². The van der Waals surface area contributed by atoms with Crippen LogP contribution >= 0.6 is 0 Å². The first-order valence-corrected chi connectivity index (χ1v) is 6.12. The molecule has 0 saturated carbocycles. The van der Waals surface area contributed by atoms with Gasteiger partial charge in [-0.2, -0.15) is 15.0 Å². The molecule has 0 aromatic carbocycles. The third-order valence-electron chi connectivity index (χ3n) is 2.71. The van der Waals surface area contributed by atoms with Crippen molar-refractivity contribution in [3.8, 4) is 6.01 Å². The summed E-state index contributed by atoms with van der Waals surface area (Å²) in [4.78, 5) is 15.0. The van der Waals surface area contributed by atoms with Crippen LogP contribution < -0.4 is 15.0 Å². The summed E-state index contributed by atoms with van der Waals surface area (Å²) in [5.74, 6) is 1.31. The molecule has 1 aromatic heterocycles. The van der Waals surface area contributed by atoms with Crippen LogP contribution in [0.25, 0.3) is 0 Å². The molecule has 2 rings (SSSR count). The largest absolute Gasteiger partial charge is 0.467 e. The zero-order valence-electron chi connectivity index (χ0n) is 10.4. The zero-order valence-corrected chi connectivity index (χ0v) is 10.4. The number of rotatable bonds is 5. The molecule has 0 radical (unpaired) electrons. The predicted octanol–water partition coefficient (Wildman–Crippen LogP) is 1.30. The van der Waals surface area contributed by atoms with Gasteiger partial charge in [0.05, 0.1) is 7.11 Å². The van der Waals surface area contributed by atoms with Crippen molar-refractivity contribution < 1.29 is 4.74 Å². The van der Waals surface area contributed by atoms with Gasteiger partial charge in [-0.05, 0) is 19.3 Å². The van der Waals surface area contributed by atoms with Gasteiger partial charge < -0.3 is 15.0 Å². The highest BCUT2D eigenvalue weighted by atomic mass is 16.5. The highest BCUT2D eigenvalue weighted by Crippen LogP contribution is 2.19. The SMILES string of the molecule is CCCNc1nc(OC)nc(N2CCCC2)n1. The Bertz CT molecular complexity index is 365. The first-order chi connectivity index (χ1) is 8.33. The number of methoxy groups -OCH3 is 1. The summed E-state index contributed by atoms with van der Waals surface area (Å²) in [7, 11) is 1.58. The molecule has 1 aliphatic heterocycles. The van der Waals surface area contributed by atoms with E-state index in [2.05, 4.69) is 32.1 Å². The summed E-state index contributed by atoms with van der Waals surface area (Å²) in [6, 6.07) is 0.375. The van der Waals surface area contributed by atoms with Gasteiger partial charge in [0.15, 0.2) is 0 Å². The summed E-state index contributed by atoms with van der Waals surface area (Å²) < 4.78 is 5.11. The fourth-order valence-electron chi connectivity index (χ4n) is 1.81. The van der Waals surface area contributed by atoms with Gasteiger partial charge >= 0.3 is 6.01 Å². The summed E-state index contributed by atoms with van der Waals surface area (Å²) in [6.07, 6.45) is 3.44. The minimum Gasteiger partial charge on any atom is -0.467 e. The van der Waals surface area contributed by atoms with Gasteiger partial charge in [0.25, 0.3) is 0 Å². The molecule has 6 heteroatoms. The second-order valence-corrected chi connectivity index (χ2v) is 4.07. The van der Waals surface area contributed by atoms with Crippen LogP contribution in [0.15, 0.2) is 0 Å². The van der Waals surface area contributed by atoms with Crippen molar-refractivity contribution in [2.24, 2.45) is 0 Å². The minimum absolute atomic E-state index is 0.375. The zero-order chi connectivity index (χ0) is 12.1. The maximum Gasteiger partial charge on any atom is 0.322 e. The molecule has 0 atom stereocenters. The van der Waals surface area contributed by atoms with Gasteiger partial charge in [-0.3, -0.25) is 0 Å². The average molecular weight is 237 g/mol. The second-order valence-electron chi connectivity index (χ2n) is 4.07. The van der Waals surface area contributed by atoms with Crippen LogP contribution in [0.5, 0.6) is 6.01 Å². The lowest BCUT2D eigenvalue weighted by atomic mass is 10.4. The highest BCUT2D eigenvalue weighted by molar-refractivity contribution is 5.39. The number of anilines is 2. The van der Waals surface area contributed by atoms with Gasteiger partial charge in [0.2, 0.25) is 11.9 Å². The molecule has 17 heavy (non-hydrogen) atoms. The Kier molecular flexibility index (Phi) is 3.95. The summed E-state index contributed by atoms with van der Waals surface area (Å²) >= 11 is 0. The highest BCUT2D eigenvalue weighted by Gasteiger charge is 2.17. The van der Waals surface area contributed by atoms with E-state index in [1.807, 2.05) is 0 Å². The van der Waals surface area contributed by atoms with Crippen molar-refractivity contribution in [3.63, 3.8) is 0 Å². The van der Waals surface area contributed by atoms with Gasteiger partial charge in [0, 0.05) is 19.6 Å². The summed E-state index contributed by atoms with van der Waals surface area (Å²) in [6.45, 7) is 4.99. The first-order valence-electron chi connectivity index (χ1n) is 6.12. The Morgan fingerprint density at radius 2 is 2.00 bits per heavy atom. The van der Waals surface area contributed by atoms with Gasteiger partial charge in [0.1, 0.15) is 0 Å². The topological polar surface area (TPSA) is 63.2 Å². The van der Waals surface area contributed by atoms with E-state index in [9.17, 15) is 0 Å². The van der Waals surface area contributed by atoms with Crippen molar-refractivity contribution in [2.45, 2.75) is 26.2 Å². The molecule has 1 fully saturated rings. The number of hydrogen-bond donors (Lipinski definition) is 1. The monoisotopic (exact) mass is 237 g/mol. The quantitative estimate of drug-likeness (QED) is 0.833. The van der Waals surface area contributed by atoms with Gasteiger partial charge in [-0.1, -0.05) is 6.92 Å². The fourth-order valence-corrected chi connectivity index (χ4v) is 1.81. The Morgan fingerprint density at radius 1 is 1.24 bits per heavy atom. The van der Waals surface area contributed by atoms with E-state index in [0.717, 1.165) is 26.1 Å². The Morgan fingerprint density at radius 3 is 2.65 bits per heavy atom. The van der Waals surface area contributed by atoms with Crippen LogP contribution in [0.4, 0.5) is 11.9 Å². The fraction of sp³-hybridized carbons (Fsp3) is 0.727. The third kappa shape index (κ3) is 2.95. The number of hydrogen-bond acceptors (Lipinski definition) is 6. The van der Waals surface area contributed by atoms with Crippen molar-refractivity contribution in [3.05, 3.63) is 0 Å². The molecule has 0 spiro atoms. The number of aromatic nitrogens is 3. The lowest BCUT2D eigenvalue weighted by molar-refractivity contribution is 0.379. The summed E-state index contributed by atoms with van der Waals surface area (Å²) in [5.41, 5.74) is 0. The van der Waals surface area contributed by atoms with Crippen LogP contribution in [-0.4, -0.2) is 41.7 Å². The second kappa shape index (κ2) is 5.65. The Hall–Kier alpha value is -1.59. The maximum absolute atomic E-state index is 5.11. The molecule has 0 aliphatic carbocycles. The van der Waals surface area contributed by atoms with Crippen LogP contribution in [0.2, 0.25) is 0 Å². The number of ether oxygens (including phenoxy) is 1. The molecule has 1 aliphatic rings. The molecule has 0 bridgehead atoms.